The minimum atomic E-state index is -0.964. The first kappa shape index (κ1) is 22.3. The molecule has 4 rings (SSSR count). The molecule has 34 heavy (non-hydrogen) atoms. The van der Waals surface area contributed by atoms with Crippen LogP contribution >= 0.6 is 0 Å². The van der Waals surface area contributed by atoms with Gasteiger partial charge in [0.05, 0.1) is 0 Å². The van der Waals surface area contributed by atoms with Gasteiger partial charge in [-0.05, 0) is 41.0 Å². The number of aromatic hydroxyl groups is 9. The summed E-state index contributed by atoms with van der Waals surface area (Å²) in [6, 6.07) is 13.9. The highest BCUT2D eigenvalue weighted by Gasteiger charge is 2.27. The Morgan fingerprint density at radius 3 is 1.26 bits per heavy atom. The number of benzene rings is 4. The van der Waals surface area contributed by atoms with Gasteiger partial charge in [0.2, 0.25) is 11.5 Å². The monoisotopic (exact) mass is 464 g/mol. The Labute approximate surface area is 192 Å². The Morgan fingerprint density at radius 2 is 0.824 bits per heavy atom. The van der Waals surface area contributed by atoms with Crippen molar-refractivity contribution < 1.29 is 46.0 Å². The molecule has 0 radical (unpaired) electrons. The molecule has 0 spiro atoms. The van der Waals surface area contributed by atoms with Crippen LogP contribution in [-0.2, 0) is 0 Å². The molecule has 4 aromatic rings. The standard InChI is InChI=1S/C25H20O9/c26-16-7-5-14(21(30)24(16)33)20(15-6-8-17(27)25(34)22(15)31)12-3-1-11(2-4-12)13-9-18(28)23(32)19(29)10-13/h1-10,20,26-34H. The van der Waals surface area contributed by atoms with E-state index in [0.29, 0.717) is 16.7 Å². The molecule has 4 aromatic carbocycles. The SMILES string of the molecule is Oc1cc(-c2ccc(C(c3ccc(O)c(O)c3O)c3ccc(O)c(O)c3O)cc2)cc(O)c1O. The van der Waals surface area contributed by atoms with Gasteiger partial charge in [0, 0.05) is 17.0 Å². The molecule has 9 nitrogen and oxygen atoms in total. The molecule has 0 aliphatic heterocycles. The quantitative estimate of drug-likeness (QED) is 0.160. The van der Waals surface area contributed by atoms with Crippen molar-refractivity contribution >= 4 is 0 Å². The number of hydrogen-bond donors (Lipinski definition) is 9. The summed E-state index contributed by atoms with van der Waals surface area (Å²) < 4.78 is 0. The van der Waals surface area contributed by atoms with Crippen LogP contribution in [0.15, 0.2) is 60.7 Å². The van der Waals surface area contributed by atoms with Crippen LogP contribution in [-0.4, -0.2) is 46.0 Å². The summed E-state index contributed by atoms with van der Waals surface area (Å²) in [6.07, 6.45) is 0. The molecular formula is C25H20O9. The van der Waals surface area contributed by atoms with E-state index in [-0.39, 0.29) is 11.1 Å². The minimum absolute atomic E-state index is 0.0864. The average molecular weight is 464 g/mol. The van der Waals surface area contributed by atoms with Crippen molar-refractivity contribution in [3.05, 3.63) is 77.4 Å². The normalized spacial score (nSPS) is 11.1. The second-order valence-corrected chi connectivity index (χ2v) is 7.66. The van der Waals surface area contributed by atoms with E-state index in [4.69, 9.17) is 0 Å². The van der Waals surface area contributed by atoms with Gasteiger partial charge in [-0.15, -0.1) is 0 Å². The molecule has 0 aliphatic carbocycles. The summed E-state index contributed by atoms with van der Waals surface area (Å²) >= 11 is 0. The van der Waals surface area contributed by atoms with Gasteiger partial charge in [-0.3, -0.25) is 0 Å². The molecule has 9 heteroatoms. The van der Waals surface area contributed by atoms with E-state index in [1.807, 2.05) is 0 Å². The molecule has 0 atom stereocenters. The summed E-state index contributed by atoms with van der Waals surface area (Å²) in [5, 5.41) is 89.7. The van der Waals surface area contributed by atoms with Gasteiger partial charge in [0.1, 0.15) is 0 Å². The molecule has 0 heterocycles. The maximum Gasteiger partial charge on any atom is 0.200 e. The lowest BCUT2D eigenvalue weighted by Gasteiger charge is -2.22. The molecule has 0 amide bonds. The highest BCUT2D eigenvalue weighted by atomic mass is 16.3. The zero-order valence-corrected chi connectivity index (χ0v) is 17.4. The van der Waals surface area contributed by atoms with Crippen molar-refractivity contribution in [2.45, 2.75) is 5.92 Å². The van der Waals surface area contributed by atoms with Crippen molar-refractivity contribution in [3.8, 4) is 62.9 Å². The Bertz CT molecular complexity index is 1310. The molecular weight excluding hydrogens is 444 g/mol. The van der Waals surface area contributed by atoms with E-state index in [1.165, 1.54) is 24.3 Å². The Balaban J connectivity index is 1.88. The zero-order chi connectivity index (χ0) is 24.7. The van der Waals surface area contributed by atoms with Gasteiger partial charge in [0.25, 0.3) is 0 Å². The van der Waals surface area contributed by atoms with Crippen LogP contribution in [0.4, 0.5) is 0 Å². The lowest BCUT2D eigenvalue weighted by atomic mass is 9.83. The van der Waals surface area contributed by atoms with Crippen molar-refractivity contribution in [1.82, 2.24) is 0 Å². The fraction of sp³-hybridized carbons (Fsp3) is 0.0400. The molecule has 0 unspecified atom stereocenters. The van der Waals surface area contributed by atoms with Crippen LogP contribution in [0.25, 0.3) is 11.1 Å². The van der Waals surface area contributed by atoms with E-state index >= 15 is 0 Å². The first-order valence-corrected chi connectivity index (χ1v) is 9.93. The number of hydrogen-bond acceptors (Lipinski definition) is 9. The maximum atomic E-state index is 10.5. The van der Waals surface area contributed by atoms with Crippen LogP contribution in [0.3, 0.4) is 0 Å². The predicted octanol–water partition coefficient (Wildman–Crippen LogP) is 3.88. The molecule has 0 fully saturated rings. The van der Waals surface area contributed by atoms with Gasteiger partial charge < -0.3 is 46.0 Å². The van der Waals surface area contributed by atoms with Crippen LogP contribution < -0.4 is 0 Å². The molecule has 0 saturated heterocycles. The number of rotatable bonds is 4. The highest BCUT2D eigenvalue weighted by Crippen LogP contribution is 2.49. The van der Waals surface area contributed by atoms with E-state index < -0.39 is 57.7 Å². The van der Waals surface area contributed by atoms with Crippen LogP contribution in [0.5, 0.6) is 51.7 Å². The summed E-state index contributed by atoms with van der Waals surface area (Å²) in [5.74, 6) is -6.56. The average Bonchev–Trinajstić information content (AvgIpc) is 2.82. The van der Waals surface area contributed by atoms with Gasteiger partial charge in [-0.25, -0.2) is 0 Å². The summed E-state index contributed by atoms with van der Waals surface area (Å²) in [5.41, 5.74) is 1.58. The second kappa shape index (κ2) is 8.21. The largest absolute Gasteiger partial charge is 0.504 e. The van der Waals surface area contributed by atoms with Gasteiger partial charge in [-0.1, -0.05) is 36.4 Å². The van der Waals surface area contributed by atoms with Gasteiger partial charge in [-0.2, -0.15) is 0 Å². The third-order valence-corrected chi connectivity index (χ3v) is 5.59. The Kier molecular flexibility index (Phi) is 5.38. The summed E-state index contributed by atoms with van der Waals surface area (Å²) in [6.45, 7) is 0. The molecule has 0 saturated carbocycles. The Hall–Kier alpha value is -4.92. The fourth-order valence-electron chi connectivity index (χ4n) is 3.80. The van der Waals surface area contributed by atoms with Crippen LogP contribution in [0.2, 0.25) is 0 Å². The van der Waals surface area contributed by atoms with Crippen molar-refractivity contribution in [3.63, 3.8) is 0 Å². The first-order chi connectivity index (χ1) is 16.1. The summed E-state index contributed by atoms with van der Waals surface area (Å²) in [7, 11) is 0. The topological polar surface area (TPSA) is 182 Å². The lowest BCUT2D eigenvalue weighted by molar-refractivity contribution is 0.360. The molecule has 174 valence electrons. The highest BCUT2D eigenvalue weighted by molar-refractivity contribution is 5.71. The van der Waals surface area contributed by atoms with Crippen molar-refractivity contribution in [2.75, 3.05) is 0 Å². The molecule has 9 N–H and O–H groups in total. The van der Waals surface area contributed by atoms with Crippen LogP contribution in [0.1, 0.15) is 22.6 Å². The molecule has 0 aliphatic rings. The maximum absolute atomic E-state index is 10.5. The lowest BCUT2D eigenvalue weighted by Crippen LogP contribution is -2.05. The van der Waals surface area contributed by atoms with E-state index in [0.717, 1.165) is 12.1 Å². The zero-order valence-electron chi connectivity index (χ0n) is 17.4. The van der Waals surface area contributed by atoms with Crippen molar-refractivity contribution in [2.24, 2.45) is 0 Å². The van der Waals surface area contributed by atoms with E-state index in [2.05, 4.69) is 0 Å². The second-order valence-electron chi connectivity index (χ2n) is 7.66. The number of phenolic OH excluding ortho intramolecular Hbond substituents is 9. The van der Waals surface area contributed by atoms with Crippen LogP contribution in [0, 0.1) is 0 Å². The molecule has 0 aromatic heterocycles. The fourth-order valence-corrected chi connectivity index (χ4v) is 3.80. The smallest absolute Gasteiger partial charge is 0.200 e. The summed E-state index contributed by atoms with van der Waals surface area (Å²) in [4.78, 5) is 0. The first-order valence-electron chi connectivity index (χ1n) is 9.93. The van der Waals surface area contributed by atoms with Gasteiger partial charge >= 0.3 is 0 Å². The number of phenols is 9. The van der Waals surface area contributed by atoms with E-state index in [9.17, 15) is 46.0 Å². The van der Waals surface area contributed by atoms with Gasteiger partial charge in [0.15, 0.2) is 40.2 Å². The third-order valence-electron chi connectivity index (χ3n) is 5.59. The Morgan fingerprint density at radius 1 is 0.382 bits per heavy atom. The van der Waals surface area contributed by atoms with E-state index in [1.54, 1.807) is 24.3 Å². The molecule has 0 bridgehead atoms. The third kappa shape index (κ3) is 3.65. The van der Waals surface area contributed by atoms with Crippen molar-refractivity contribution in [1.29, 1.82) is 0 Å². The minimum Gasteiger partial charge on any atom is -0.504 e. The predicted molar refractivity (Wildman–Crippen MR) is 121 cm³/mol.